The number of hydrogen-bond acceptors (Lipinski definition) is 7. The summed E-state index contributed by atoms with van der Waals surface area (Å²) >= 11 is 0.756. The molecule has 1 aromatic heterocycles. The molecule has 10 heteroatoms. The molecule has 1 N–H and O–H groups in total. The Labute approximate surface area is 187 Å². The van der Waals surface area contributed by atoms with E-state index in [2.05, 4.69) is 0 Å². The van der Waals surface area contributed by atoms with Crippen molar-refractivity contribution in [3.63, 3.8) is 0 Å². The van der Waals surface area contributed by atoms with Crippen molar-refractivity contribution < 1.29 is 33.4 Å². The van der Waals surface area contributed by atoms with Gasteiger partial charge in [0.25, 0.3) is 11.1 Å². The van der Waals surface area contributed by atoms with Crippen LogP contribution < -0.4 is 0 Å². The van der Waals surface area contributed by atoms with Crippen molar-refractivity contribution >= 4 is 40.9 Å². The van der Waals surface area contributed by atoms with Crippen LogP contribution >= 0.6 is 11.8 Å². The maximum atomic E-state index is 12.7. The molecule has 166 valence electrons. The van der Waals surface area contributed by atoms with Gasteiger partial charge in [-0.05, 0) is 48.5 Å². The number of carboxylic acid groups (broad SMARTS) is 1. The van der Waals surface area contributed by atoms with E-state index in [0.29, 0.717) is 37.8 Å². The second-order valence-corrected chi connectivity index (χ2v) is 8.29. The van der Waals surface area contributed by atoms with Crippen LogP contribution in [-0.2, 0) is 14.3 Å². The molecule has 2 aliphatic rings. The Morgan fingerprint density at radius 2 is 1.91 bits per heavy atom. The molecular weight excluding hydrogens is 436 g/mol. The van der Waals surface area contributed by atoms with E-state index in [-0.39, 0.29) is 22.9 Å². The average molecular weight is 456 g/mol. The van der Waals surface area contributed by atoms with Gasteiger partial charge in [0.1, 0.15) is 18.1 Å². The maximum absolute atomic E-state index is 12.7. The number of furan rings is 1. The van der Waals surface area contributed by atoms with Gasteiger partial charge in [-0.15, -0.1) is 0 Å². The quantitative estimate of drug-likeness (QED) is 0.683. The number of thioether (sulfide) groups is 1. The number of carbonyl (C=O) groups is 4. The normalized spacial score (nSPS) is 18.0. The van der Waals surface area contributed by atoms with Gasteiger partial charge in [-0.1, -0.05) is 6.07 Å². The van der Waals surface area contributed by atoms with Gasteiger partial charge in [-0.25, -0.2) is 4.79 Å². The molecule has 2 fully saturated rings. The van der Waals surface area contributed by atoms with Crippen LogP contribution in [0.15, 0.2) is 39.7 Å². The minimum Gasteiger partial charge on any atom is -0.478 e. The average Bonchev–Trinajstić information content (AvgIpc) is 3.34. The smallest absolute Gasteiger partial charge is 0.335 e. The Hall–Kier alpha value is -3.37. The summed E-state index contributed by atoms with van der Waals surface area (Å²) in [5, 5.41) is 8.60. The Bertz CT molecular complexity index is 1130. The molecule has 0 bridgehead atoms. The summed E-state index contributed by atoms with van der Waals surface area (Å²) < 4.78 is 11.0. The third-order valence-corrected chi connectivity index (χ3v) is 6.08. The van der Waals surface area contributed by atoms with E-state index in [9.17, 15) is 19.2 Å². The SMILES string of the molecule is Cc1cc(C(=O)O)ccc1-c1ccc(/C=C2/SC(=O)N(CC(=O)N3CCOCC3)C2=O)o1. The fraction of sp³-hybridized carbons (Fsp3) is 0.273. The van der Waals surface area contributed by atoms with Gasteiger partial charge in [0, 0.05) is 24.7 Å². The Morgan fingerprint density at radius 3 is 2.59 bits per heavy atom. The maximum Gasteiger partial charge on any atom is 0.335 e. The zero-order valence-electron chi connectivity index (χ0n) is 17.2. The number of ether oxygens (including phenoxy) is 1. The highest BCUT2D eigenvalue weighted by atomic mass is 32.2. The van der Waals surface area contributed by atoms with E-state index < -0.39 is 17.1 Å². The Kier molecular flexibility index (Phi) is 6.15. The van der Waals surface area contributed by atoms with Crippen molar-refractivity contribution in [2.45, 2.75) is 6.92 Å². The predicted octanol–water partition coefficient (Wildman–Crippen LogP) is 2.85. The molecule has 3 amide bonds. The lowest BCUT2D eigenvalue weighted by atomic mass is 10.0. The standard InChI is InChI=1S/C22H20N2O7S/c1-13-10-14(21(27)28)2-4-16(13)17-5-3-15(31-17)11-18-20(26)24(22(29)32-18)12-19(25)23-6-8-30-9-7-23/h2-5,10-11H,6-9,12H2,1H3,(H,27,28)/b18-11+. The molecular formula is C22H20N2O7S. The fourth-order valence-electron chi connectivity index (χ4n) is 3.46. The number of morpholine rings is 1. The molecule has 32 heavy (non-hydrogen) atoms. The van der Waals surface area contributed by atoms with Crippen molar-refractivity contribution in [2.75, 3.05) is 32.8 Å². The largest absolute Gasteiger partial charge is 0.478 e. The molecule has 9 nitrogen and oxygen atoms in total. The van der Waals surface area contributed by atoms with Crippen molar-refractivity contribution in [1.82, 2.24) is 9.80 Å². The summed E-state index contributed by atoms with van der Waals surface area (Å²) in [4.78, 5) is 51.2. The van der Waals surface area contributed by atoms with Crippen molar-refractivity contribution in [1.29, 1.82) is 0 Å². The lowest BCUT2D eigenvalue weighted by Crippen LogP contribution is -2.46. The van der Waals surface area contributed by atoms with Gasteiger partial charge in [-0.3, -0.25) is 19.3 Å². The van der Waals surface area contributed by atoms with Crippen LogP contribution in [-0.4, -0.2) is 70.8 Å². The third-order valence-electron chi connectivity index (χ3n) is 5.17. The first-order valence-corrected chi connectivity index (χ1v) is 10.7. The van der Waals surface area contributed by atoms with Crippen LogP contribution in [0.3, 0.4) is 0 Å². The molecule has 0 aliphatic carbocycles. The Balaban J connectivity index is 1.48. The van der Waals surface area contributed by atoms with Gasteiger partial charge in [0.15, 0.2) is 0 Å². The fourth-order valence-corrected chi connectivity index (χ4v) is 4.28. The highest BCUT2D eigenvalue weighted by Crippen LogP contribution is 2.34. The number of nitrogens with zero attached hydrogens (tertiary/aromatic N) is 2. The topological polar surface area (TPSA) is 117 Å². The van der Waals surface area contributed by atoms with Gasteiger partial charge in [0.2, 0.25) is 5.91 Å². The number of aromatic carboxylic acids is 1. The number of carbonyl (C=O) groups excluding carboxylic acids is 3. The summed E-state index contributed by atoms with van der Waals surface area (Å²) in [6.07, 6.45) is 1.47. The summed E-state index contributed by atoms with van der Waals surface area (Å²) in [5.41, 5.74) is 1.63. The van der Waals surface area contributed by atoms with E-state index >= 15 is 0 Å². The van der Waals surface area contributed by atoms with Crippen LogP contribution in [0.1, 0.15) is 21.7 Å². The first-order valence-electron chi connectivity index (χ1n) is 9.88. The third kappa shape index (κ3) is 4.46. The number of amides is 3. The molecule has 2 saturated heterocycles. The lowest BCUT2D eigenvalue weighted by Gasteiger charge is -2.27. The van der Waals surface area contributed by atoms with Gasteiger partial charge in [0.05, 0.1) is 23.7 Å². The van der Waals surface area contributed by atoms with Gasteiger partial charge >= 0.3 is 5.97 Å². The minimum atomic E-state index is -1.01. The second kappa shape index (κ2) is 9.01. The minimum absolute atomic E-state index is 0.170. The summed E-state index contributed by atoms with van der Waals surface area (Å²) in [6.45, 7) is 3.22. The van der Waals surface area contributed by atoms with E-state index in [0.717, 1.165) is 27.8 Å². The molecule has 3 heterocycles. The molecule has 0 unspecified atom stereocenters. The van der Waals surface area contributed by atoms with E-state index in [1.165, 1.54) is 12.1 Å². The number of rotatable bonds is 5. The molecule has 0 spiro atoms. The second-order valence-electron chi connectivity index (χ2n) is 7.30. The number of imide groups is 1. The van der Waals surface area contributed by atoms with Crippen LogP contribution in [0.4, 0.5) is 4.79 Å². The molecule has 0 atom stereocenters. The molecule has 2 aliphatic heterocycles. The molecule has 0 radical (unpaired) electrons. The van der Waals surface area contributed by atoms with E-state index in [1.54, 1.807) is 36.1 Å². The zero-order chi connectivity index (χ0) is 22.8. The highest BCUT2D eigenvalue weighted by Gasteiger charge is 2.37. The first kappa shape index (κ1) is 21.8. The van der Waals surface area contributed by atoms with Gasteiger partial charge in [-0.2, -0.15) is 0 Å². The van der Waals surface area contributed by atoms with E-state index in [4.69, 9.17) is 14.3 Å². The lowest BCUT2D eigenvalue weighted by molar-refractivity contribution is -0.139. The predicted molar refractivity (Wildman–Crippen MR) is 116 cm³/mol. The summed E-state index contributed by atoms with van der Waals surface area (Å²) in [5.74, 6) is -0.972. The van der Waals surface area contributed by atoms with Crippen molar-refractivity contribution in [3.05, 3.63) is 52.1 Å². The van der Waals surface area contributed by atoms with Crippen LogP contribution in [0.2, 0.25) is 0 Å². The molecule has 0 saturated carbocycles. The zero-order valence-corrected chi connectivity index (χ0v) is 18.0. The van der Waals surface area contributed by atoms with Crippen LogP contribution in [0.5, 0.6) is 0 Å². The van der Waals surface area contributed by atoms with Crippen molar-refractivity contribution in [3.8, 4) is 11.3 Å². The number of hydrogen-bond donors (Lipinski definition) is 1. The summed E-state index contributed by atoms with van der Waals surface area (Å²) in [7, 11) is 0. The van der Waals surface area contributed by atoms with Crippen LogP contribution in [0.25, 0.3) is 17.4 Å². The molecule has 4 rings (SSSR count). The summed E-state index contributed by atoms with van der Waals surface area (Å²) in [6, 6.07) is 8.07. The number of aryl methyl sites for hydroxylation is 1. The van der Waals surface area contributed by atoms with Gasteiger partial charge < -0.3 is 19.2 Å². The highest BCUT2D eigenvalue weighted by molar-refractivity contribution is 8.18. The molecule has 1 aromatic carbocycles. The monoisotopic (exact) mass is 456 g/mol. The number of carboxylic acids is 1. The molecule has 2 aromatic rings. The first-order chi connectivity index (χ1) is 15.3. The Morgan fingerprint density at radius 1 is 1.16 bits per heavy atom. The number of benzene rings is 1. The van der Waals surface area contributed by atoms with Crippen molar-refractivity contribution in [2.24, 2.45) is 0 Å². The van der Waals surface area contributed by atoms with Crippen LogP contribution in [0, 0.1) is 6.92 Å². The van der Waals surface area contributed by atoms with E-state index in [1.807, 2.05) is 0 Å².